The second-order valence-electron chi connectivity index (χ2n) is 3.18. The summed E-state index contributed by atoms with van der Waals surface area (Å²) in [6.45, 7) is 2.19. The van der Waals surface area contributed by atoms with Crippen LogP contribution in [0.5, 0.6) is 0 Å². The number of hydrogen-bond donors (Lipinski definition) is 0. The summed E-state index contributed by atoms with van der Waals surface area (Å²) in [6, 6.07) is 0. The van der Waals surface area contributed by atoms with Crippen LogP contribution in [0.25, 0.3) is 0 Å². The highest BCUT2D eigenvalue weighted by molar-refractivity contribution is 5.74. The van der Waals surface area contributed by atoms with Crippen molar-refractivity contribution in [2.24, 2.45) is 0 Å². The quantitative estimate of drug-likeness (QED) is 0.681. The van der Waals surface area contributed by atoms with Gasteiger partial charge in [0.2, 0.25) is 5.95 Å². The van der Waals surface area contributed by atoms with Gasteiger partial charge in [0.25, 0.3) is 0 Å². The number of aromatic nitrogens is 2. The van der Waals surface area contributed by atoms with Crippen LogP contribution in [0.3, 0.4) is 0 Å². The Morgan fingerprint density at radius 1 is 1.47 bits per heavy atom. The summed E-state index contributed by atoms with van der Waals surface area (Å²) in [5.74, 6) is 0.221. The van der Waals surface area contributed by atoms with Crippen molar-refractivity contribution in [3.8, 4) is 0 Å². The third-order valence-corrected chi connectivity index (χ3v) is 2.04. The molecule has 0 saturated carbocycles. The number of hydrogen-bond acceptors (Lipinski definition) is 5. The summed E-state index contributed by atoms with van der Waals surface area (Å²) < 4.78 is 4.55. The molecule has 0 aromatic carbocycles. The molecule has 0 N–H and O–H groups in total. The standard InChI is InChI=1S/C10H15N3O2/c1-4-8-5-11-10(12-6-8)13(2)7-9(14)15-3/h5-6H,4,7H2,1-3H3. The van der Waals surface area contributed by atoms with Gasteiger partial charge in [-0.15, -0.1) is 0 Å². The maximum atomic E-state index is 11.0. The summed E-state index contributed by atoms with van der Waals surface area (Å²) in [5.41, 5.74) is 1.07. The Balaban J connectivity index is 2.65. The first-order valence-electron chi connectivity index (χ1n) is 4.76. The lowest BCUT2D eigenvalue weighted by molar-refractivity contribution is -0.138. The number of rotatable bonds is 4. The lowest BCUT2D eigenvalue weighted by atomic mass is 10.3. The molecule has 0 aliphatic rings. The van der Waals surface area contributed by atoms with Crippen molar-refractivity contribution in [1.29, 1.82) is 0 Å². The Labute approximate surface area is 89.1 Å². The van der Waals surface area contributed by atoms with Gasteiger partial charge in [0, 0.05) is 19.4 Å². The number of esters is 1. The topological polar surface area (TPSA) is 55.3 Å². The van der Waals surface area contributed by atoms with Crippen molar-refractivity contribution in [1.82, 2.24) is 9.97 Å². The van der Waals surface area contributed by atoms with E-state index < -0.39 is 0 Å². The molecule has 0 saturated heterocycles. The molecule has 1 aromatic rings. The van der Waals surface area contributed by atoms with Crippen LogP contribution < -0.4 is 4.90 Å². The molecule has 82 valence electrons. The van der Waals surface area contributed by atoms with Crippen LogP contribution >= 0.6 is 0 Å². The number of anilines is 1. The molecule has 1 aromatic heterocycles. The highest BCUT2D eigenvalue weighted by Crippen LogP contribution is 2.05. The van der Waals surface area contributed by atoms with E-state index in [0.29, 0.717) is 5.95 Å². The van der Waals surface area contributed by atoms with Gasteiger partial charge in [-0.3, -0.25) is 4.79 Å². The molecule has 0 spiro atoms. The zero-order valence-corrected chi connectivity index (χ0v) is 9.23. The molecular formula is C10H15N3O2. The highest BCUT2D eigenvalue weighted by Gasteiger charge is 2.09. The normalized spacial score (nSPS) is 9.80. The molecule has 0 amide bonds. The van der Waals surface area contributed by atoms with Crippen molar-refractivity contribution in [2.75, 3.05) is 25.6 Å². The van der Waals surface area contributed by atoms with E-state index in [9.17, 15) is 4.79 Å². The minimum absolute atomic E-state index is 0.155. The largest absolute Gasteiger partial charge is 0.468 e. The van der Waals surface area contributed by atoms with Gasteiger partial charge in [0.15, 0.2) is 0 Å². The molecule has 0 fully saturated rings. The van der Waals surface area contributed by atoms with Gasteiger partial charge >= 0.3 is 5.97 Å². The van der Waals surface area contributed by atoms with Crippen molar-refractivity contribution < 1.29 is 9.53 Å². The lowest BCUT2D eigenvalue weighted by Crippen LogP contribution is -2.27. The number of aryl methyl sites for hydroxylation is 1. The first-order chi connectivity index (χ1) is 7.17. The van der Waals surface area contributed by atoms with Gasteiger partial charge < -0.3 is 9.64 Å². The Morgan fingerprint density at radius 2 is 2.07 bits per heavy atom. The van der Waals surface area contributed by atoms with Gasteiger partial charge in [0.1, 0.15) is 6.54 Å². The molecule has 0 aliphatic carbocycles. The van der Waals surface area contributed by atoms with Gasteiger partial charge in [0.05, 0.1) is 7.11 Å². The number of carbonyl (C=O) groups excluding carboxylic acids is 1. The van der Waals surface area contributed by atoms with Crippen molar-refractivity contribution >= 4 is 11.9 Å². The third-order valence-electron chi connectivity index (χ3n) is 2.04. The fraction of sp³-hybridized carbons (Fsp3) is 0.500. The average molecular weight is 209 g/mol. The molecule has 0 bridgehead atoms. The molecule has 0 aliphatic heterocycles. The van der Waals surface area contributed by atoms with Crippen LogP contribution in [-0.2, 0) is 16.0 Å². The van der Waals surface area contributed by atoms with E-state index in [0.717, 1.165) is 12.0 Å². The van der Waals surface area contributed by atoms with Crippen LogP contribution in [0.15, 0.2) is 12.4 Å². The Hall–Kier alpha value is -1.65. The van der Waals surface area contributed by atoms with E-state index in [1.165, 1.54) is 7.11 Å². The van der Waals surface area contributed by atoms with E-state index in [1.807, 2.05) is 6.92 Å². The predicted molar refractivity (Wildman–Crippen MR) is 56.7 cm³/mol. The van der Waals surface area contributed by atoms with Crippen molar-refractivity contribution in [3.63, 3.8) is 0 Å². The van der Waals surface area contributed by atoms with E-state index in [2.05, 4.69) is 14.7 Å². The van der Waals surface area contributed by atoms with Crippen LogP contribution in [-0.4, -0.2) is 36.6 Å². The Bertz CT molecular complexity index is 324. The molecule has 0 unspecified atom stereocenters. The van der Waals surface area contributed by atoms with Crippen molar-refractivity contribution in [2.45, 2.75) is 13.3 Å². The van der Waals surface area contributed by atoms with Crippen LogP contribution in [0.2, 0.25) is 0 Å². The van der Waals surface area contributed by atoms with Gasteiger partial charge in [-0.1, -0.05) is 6.92 Å². The Kier molecular flexibility index (Phi) is 4.03. The van der Waals surface area contributed by atoms with Crippen molar-refractivity contribution in [3.05, 3.63) is 18.0 Å². The fourth-order valence-corrected chi connectivity index (χ4v) is 1.06. The molecule has 1 heterocycles. The second-order valence-corrected chi connectivity index (χ2v) is 3.18. The number of carbonyl (C=O) groups is 1. The summed E-state index contributed by atoms with van der Waals surface area (Å²) >= 11 is 0. The molecule has 1 rings (SSSR count). The van der Waals surface area contributed by atoms with Gasteiger partial charge in [-0.05, 0) is 12.0 Å². The molecule has 0 radical (unpaired) electrons. The van der Waals surface area contributed by atoms with Crippen LogP contribution in [0.1, 0.15) is 12.5 Å². The monoisotopic (exact) mass is 209 g/mol. The first kappa shape index (κ1) is 11.4. The van der Waals surface area contributed by atoms with Crippen LogP contribution in [0, 0.1) is 0 Å². The zero-order valence-electron chi connectivity index (χ0n) is 9.23. The number of likely N-dealkylation sites (N-methyl/N-ethyl adjacent to an activating group) is 1. The Morgan fingerprint density at radius 3 is 2.53 bits per heavy atom. The summed E-state index contributed by atoms with van der Waals surface area (Å²) in [7, 11) is 3.11. The summed E-state index contributed by atoms with van der Waals surface area (Å²) in [6.07, 6.45) is 4.42. The predicted octanol–water partition coefficient (Wildman–Crippen LogP) is 0.648. The summed E-state index contributed by atoms with van der Waals surface area (Å²) in [5, 5.41) is 0. The molecule has 15 heavy (non-hydrogen) atoms. The minimum atomic E-state index is -0.305. The number of methoxy groups -OCH3 is 1. The molecular weight excluding hydrogens is 194 g/mol. The molecule has 5 nitrogen and oxygen atoms in total. The maximum Gasteiger partial charge on any atom is 0.325 e. The van der Waals surface area contributed by atoms with E-state index in [-0.39, 0.29) is 12.5 Å². The lowest BCUT2D eigenvalue weighted by Gasteiger charge is -2.14. The highest BCUT2D eigenvalue weighted by atomic mass is 16.5. The van der Waals surface area contributed by atoms with E-state index >= 15 is 0 Å². The van der Waals surface area contributed by atoms with Gasteiger partial charge in [-0.2, -0.15) is 0 Å². The fourth-order valence-electron chi connectivity index (χ4n) is 1.06. The maximum absolute atomic E-state index is 11.0. The molecule has 0 atom stereocenters. The van der Waals surface area contributed by atoms with Crippen LogP contribution in [0.4, 0.5) is 5.95 Å². The van der Waals surface area contributed by atoms with E-state index in [4.69, 9.17) is 0 Å². The van der Waals surface area contributed by atoms with Gasteiger partial charge in [-0.25, -0.2) is 9.97 Å². The second kappa shape index (κ2) is 5.29. The zero-order chi connectivity index (χ0) is 11.3. The smallest absolute Gasteiger partial charge is 0.325 e. The number of ether oxygens (including phenoxy) is 1. The average Bonchev–Trinajstić information content (AvgIpc) is 2.29. The summed E-state index contributed by atoms with van der Waals surface area (Å²) in [4.78, 5) is 20.9. The third kappa shape index (κ3) is 3.19. The van der Waals surface area contributed by atoms with E-state index in [1.54, 1.807) is 24.3 Å². The number of nitrogens with zero attached hydrogens (tertiary/aromatic N) is 3. The minimum Gasteiger partial charge on any atom is -0.468 e. The SMILES string of the molecule is CCc1cnc(N(C)CC(=O)OC)nc1. The molecule has 5 heteroatoms. The first-order valence-corrected chi connectivity index (χ1v) is 4.76.